The van der Waals surface area contributed by atoms with Crippen LogP contribution in [0.2, 0.25) is 5.02 Å². The molecule has 3 aliphatic rings. The van der Waals surface area contributed by atoms with Crippen molar-refractivity contribution in [1.29, 1.82) is 0 Å². The van der Waals surface area contributed by atoms with Crippen LogP contribution in [0.25, 0.3) is 0 Å². The van der Waals surface area contributed by atoms with E-state index in [-0.39, 0.29) is 16.9 Å². The molecule has 2 aliphatic carbocycles. The summed E-state index contributed by atoms with van der Waals surface area (Å²) in [5.74, 6) is 2.09. The Balaban J connectivity index is 1.52. The number of amides is 1. The molecule has 0 radical (unpaired) electrons. The highest BCUT2D eigenvalue weighted by molar-refractivity contribution is 7.83. The van der Waals surface area contributed by atoms with E-state index in [0.717, 1.165) is 61.7 Å². The summed E-state index contributed by atoms with van der Waals surface area (Å²) >= 11 is 6.43. The fourth-order valence-corrected chi connectivity index (χ4v) is 7.71. The molecule has 0 aromatic heterocycles. The van der Waals surface area contributed by atoms with Crippen LogP contribution in [-0.4, -0.2) is 48.3 Å². The lowest BCUT2D eigenvalue weighted by Gasteiger charge is -2.49. The van der Waals surface area contributed by atoms with Crippen LogP contribution < -0.4 is 14.4 Å². The minimum Gasteiger partial charge on any atom is -0.490 e. The SMILES string of the molecule is CCS(=O)NC(=O)c1ccc2c(c1)N(CC1CCC1[C@](C)(/C=C/C(C)C)OC)C[C@@]1(CCCc3cc(Cl)ccc31)CO2. The fourth-order valence-electron chi connectivity index (χ4n) is 7.04. The van der Waals surface area contributed by atoms with Crippen molar-refractivity contribution in [3.63, 3.8) is 0 Å². The number of nitrogens with one attached hydrogen (secondary N) is 1. The number of carbonyl (C=O) groups is 1. The van der Waals surface area contributed by atoms with Gasteiger partial charge in [0.25, 0.3) is 5.91 Å². The number of hydrogen-bond acceptors (Lipinski definition) is 5. The van der Waals surface area contributed by atoms with Gasteiger partial charge in [-0.2, -0.15) is 0 Å². The molecule has 5 atom stereocenters. The van der Waals surface area contributed by atoms with Gasteiger partial charge in [-0.1, -0.05) is 50.6 Å². The maximum Gasteiger partial charge on any atom is 0.263 e. The molecule has 1 amide bonds. The van der Waals surface area contributed by atoms with E-state index in [1.54, 1.807) is 13.0 Å². The first kappa shape index (κ1) is 31.1. The van der Waals surface area contributed by atoms with Gasteiger partial charge >= 0.3 is 0 Å². The summed E-state index contributed by atoms with van der Waals surface area (Å²) in [6.07, 6.45) is 9.86. The van der Waals surface area contributed by atoms with Gasteiger partial charge in [0, 0.05) is 42.0 Å². The van der Waals surface area contributed by atoms with E-state index >= 15 is 0 Å². The Morgan fingerprint density at radius 3 is 2.79 bits per heavy atom. The van der Waals surface area contributed by atoms with Crippen molar-refractivity contribution in [3.05, 3.63) is 70.3 Å². The highest BCUT2D eigenvalue weighted by Gasteiger charge is 2.47. The Kier molecular flexibility index (Phi) is 9.41. The number of carbonyl (C=O) groups excluding carboxylic acids is 1. The summed E-state index contributed by atoms with van der Waals surface area (Å²) in [6.45, 7) is 10.6. The van der Waals surface area contributed by atoms with Crippen LogP contribution in [0.1, 0.15) is 74.9 Å². The number of anilines is 1. The van der Waals surface area contributed by atoms with E-state index in [4.69, 9.17) is 21.1 Å². The summed E-state index contributed by atoms with van der Waals surface area (Å²) in [6, 6.07) is 11.9. The summed E-state index contributed by atoms with van der Waals surface area (Å²) in [5, 5.41) is 0.770. The third-order valence-corrected chi connectivity index (χ3v) is 10.8. The van der Waals surface area contributed by atoms with E-state index in [1.165, 1.54) is 11.1 Å². The summed E-state index contributed by atoms with van der Waals surface area (Å²) in [4.78, 5) is 15.5. The minimum absolute atomic E-state index is 0.190. The van der Waals surface area contributed by atoms with Crippen molar-refractivity contribution in [1.82, 2.24) is 4.72 Å². The predicted octanol–water partition coefficient (Wildman–Crippen LogP) is 6.87. The second-order valence-electron chi connectivity index (χ2n) is 12.8. The lowest BCUT2D eigenvalue weighted by atomic mass is 9.64. The molecule has 1 saturated carbocycles. The van der Waals surface area contributed by atoms with Gasteiger partial charge in [0.15, 0.2) is 0 Å². The zero-order chi connectivity index (χ0) is 30.1. The van der Waals surface area contributed by atoms with Crippen LogP contribution in [0.5, 0.6) is 5.75 Å². The van der Waals surface area contributed by atoms with E-state index < -0.39 is 11.0 Å². The van der Waals surface area contributed by atoms with Crippen molar-refractivity contribution in [2.24, 2.45) is 17.8 Å². The second-order valence-corrected chi connectivity index (χ2v) is 14.7. The average Bonchev–Trinajstić information content (AvgIpc) is 3.11. The maximum absolute atomic E-state index is 13.0. The van der Waals surface area contributed by atoms with Gasteiger partial charge in [-0.15, -0.1) is 0 Å². The Hall–Kier alpha value is -2.35. The summed E-state index contributed by atoms with van der Waals surface area (Å²) in [5.41, 5.74) is 3.51. The Labute approximate surface area is 258 Å². The highest BCUT2D eigenvalue weighted by Crippen LogP contribution is 2.48. The number of hydrogen-bond donors (Lipinski definition) is 1. The number of halogens is 1. The van der Waals surface area contributed by atoms with Crippen molar-refractivity contribution in [2.45, 2.75) is 70.8 Å². The number of nitrogens with zero attached hydrogens (tertiary/aromatic N) is 1. The molecule has 1 spiro atoms. The van der Waals surface area contributed by atoms with Crippen molar-refractivity contribution in [2.75, 3.05) is 37.5 Å². The zero-order valence-corrected chi connectivity index (χ0v) is 27.2. The van der Waals surface area contributed by atoms with E-state index in [2.05, 4.69) is 54.7 Å². The molecule has 228 valence electrons. The van der Waals surface area contributed by atoms with Gasteiger partial charge in [0.2, 0.25) is 0 Å². The molecule has 1 heterocycles. The number of fused-ring (bicyclic) bond motifs is 3. The molecule has 42 heavy (non-hydrogen) atoms. The first-order valence-electron chi connectivity index (χ1n) is 15.3. The molecular weight excluding hydrogens is 568 g/mol. The molecule has 3 unspecified atom stereocenters. The molecule has 1 fully saturated rings. The van der Waals surface area contributed by atoms with E-state index in [9.17, 15) is 9.00 Å². The van der Waals surface area contributed by atoms with Crippen LogP contribution in [0.3, 0.4) is 0 Å². The molecule has 5 rings (SSSR count). The van der Waals surface area contributed by atoms with Crippen molar-refractivity contribution in [3.8, 4) is 5.75 Å². The smallest absolute Gasteiger partial charge is 0.263 e. The summed E-state index contributed by atoms with van der Waals surface area (Å²) < 4.78 is 27.5. The Morgan fingerprint density at radius 2 is 2.10 bits per heavy atom. The van der Waals surface area contributed by atoms with Gasteiger partial charge in [0.05, 0.1) is 17.9 Å². The van der Waals surface area contributed by atoms with Crippen LogP contribution in [0, 0.1) is 17.8 Å². The Morgan fingerprint density at radius 1 is 1.29 bits per heavy atom. The van der Waals surface area contributed by atoms with Crippen LogP contribution in [0.15, 0.2) is 48.6 Å². The zero-order valence-electron chi connectivity index (χ0n) is 25.6. The molecule has 1 N–H and O–H groups in total. The number of benzene rings is 2. The molecule has 8 heteroatoms. The third-order valence-electron chi connectivity index (χ3n) is 9.63. The number of rotatable bonds is 9. The van der Waals surface area contributed by atoms with E-state index in [1.807, 2.05) is 25.3 Å². The lowest BCUT2D eigenvalue weighted by molar-refractivity contribution is -0.0622. The largest absolute Gasteiger partial charge is 0.490 e. The number of methoxy groups -OCH3 is 1. The molecule has 0 saturated heterocycles. The molecule has 6 nitrogen and oxygen atoms in total. The maximum atomic E-state index is 13.0. The average molecular weight is 613 g/mol. The molecular formula is C34H45ClN2O4S. The van der Waals surface area contributed by atoms with Crippen LogP contribution in [0.4, 0.5) is 5.69 Å². The first-order chi connectivity index (χ1) is 20.1. The minimum atomic E-state index is -1.41. The van der Waals surface area contributed by atoms with Gasteiger partial charge in [-0.05, 0) is 98.2 Å². The standard InChI is InChI=1S/C34H45ClN2O4S/c1-6-42(39)36-32(38)25-10-14-31-30(19-25)37(20-26-9-12-28(26)33(4,40-5)17-15-23(2)3)21-34(22-41-31)16-7-8-24-18-27(35)11-13-29(24)34/h10-11,13-15,17-19,23,26,28H,6-9,12,16,20-22H2,1-5H3,(H,36,38)/b17-15+/t26?,28?,33-,34-,42?/m0/s1. The van der Waals surface area contributed by atoms with Crippen LogP contribution in [-0.2, 0) is 27.6 Å². The van der Waals surface area contributed by atoms with E-state index in [0.29, 0.717) is 35.7 Å². The number of ether oxygens (including phenoxy) is 2. The molecule has 1 aliphatic heterocycles. The van der Waals surface area contributed by atoms with Gasteiger partial charge in [-0.25, -0.2) is 4.21 Å². The van der Waals surface area contributed by atoms with Crippen LogP contribution >= 0.6 is 11.6 Å². The normalized spacial score (nSPS) is 25.6. The molecule has 0 bridgehead atoms. The molecule has 2 aromatic carbocycles. The topological polar surface area (TPSA) is 67.9 Å². The van der Waals surface area contributed by atoms with Gasteiger partial charge < -0.3 is 14.4 Å². The fraction of sp³-hybridized carbons (Fsp3) is 0.559. The van der Waals surface area contributed by atoms with Crippen molar-refractivity contribution < 1.29 is 18.5 Å². The first-order valence-corrected chi connectivity index (χ1v) is 17.0. The quantitative estimate of drug-likeness (QED) is 0.313. The highest BCUT2D eigenvalue weighted by atomic mass is 35.5. The second kappa shape index (κ2) is 12.7. The van der Waals surface area contributed by atoms with Crippen molar-refractivity contribution >= 4 is 34.2 Å². The number of aryl methyl sites for hydroxylation is 1. The lowest BCUT2D eigenvalue weighted by Crippen LogP contribution is -2.52. The Bertz CT molecular complexity index is 1360. The van der Waals surface area contributed by atoms with Gasteiger partial charge in [0.1, 0.15) is 16.7 Å². The summed E-state index contributed by atoms with van der Waals surface area (Å²) in [7, 11) is 0.413. The van der Waals surface area contributed by atoms with Gasteiger partial charge in [-0.3, -0.25) is 9.52 Å². The predicted molar refractivity (Wildman–Crippen MR) is 172 cm³/mol. The molecule has 2 aromatic rings. The monoisotopic (exact) mass is 612 g/mol. The number of allylic oxidation sites excluding steroid dienone is 1. The third kappa shape index (κ3) is 6.29.